The molecule has 9 heteroatoms. The number of aryl methyl sites for hydroxylation is 1. The Morgan fingerprint density at radius 1 is 1.32 bits per heavy atom. The van der Waals surface area contributed by atoms with Crippen LogP contribution in [0.4, 0.5) is 10.5 Å². The van der Waals surface area contributed by atoms with Gasteiger partial charge in [0.2, 0.25) is 0 Å². The molecule has 0 radical (unpaired) electrons. The molecule has 3 aromatic rings. The highest BCUT2D eigenvalue weighted by atomic mass is 32.1. The Morgan fingerprint density at radius 3 is 2.93 bits per heavy atom. The number of hydrogen-bond donors (Lipinski definition) is 3. The van der Waals surface area contributed by atoms with E-state index in [2.05, 4.69) is 20.9 Å². The summed E-state index contributed by atoms with van der Waals surface area (Å²) in [7, 11) is 0. The molecule has 1 fully saturated rings. The molecule has 8 nitrogen and oxygen atoms in total. The zero-order valence-corrected chi connectivity index (χ0v) is 16.0. The Bertz CT molecular complexity index is 1120. The number of carbonyl (C=O) groups is 2. The van der Waals surface area contributed by atoms with Crippen LogP contribution in [0.25, 0.3) is 4.96 Å². The van der Waals surface area contributed by atoms with Crippen molar-refractivity contribution >= 4 is 33.9 Å². The summed E-state index contributed by atoms with van der Waals surface area (Å²) in [4.78, 5) is 42.4. The average Bonchev–Trinajstić information content (AvgIpc) is 3.38. The summed E-state index contributed by atoms with van der Waals surface area (Å²) in [5.74, 6) is -0.486. The topological polar surface area (TPSA) is 105 Å². The van der Waals surface area contributed by atoms with Crippen molar-refractivity contribution in [2.75, 3.05) is 5.32 Å². The lowest BCUT2D eigenvalue weighted by atomic mass is 10.2. The monoisotopic (exact) mass is 397 g/mol. The molecule has 0 atom stereocenters. The van der Waals surface area contributed by atoms with Gasteiger partial charge in [-0.1, -0.05) is 12.1 Å². The Morgan fingerprint density at radius 2 is 2.14 bits per heavy atom. The second kappa shape index (κ2) is 7.43. The van der Waals surface area contributed by atoms with Gasteiger partial charge in [-0.25, -0.2) is 9.78 Å². The van der Waals surface area contributed by atoms with Gasteiger partial charge < -0.3 is 16.0 Å². The van der Waals surface area contributed by atoms with E-state index in [4.69, 9.17) is 0 Å². The van der Waals surface area contributed by atoms with E-state index in [9.17, 15) is 14.4 Å². The van der Waals surface area contributed by atoms with Crippen LogP contribution in [-0.4, -0.2) is 27.4 Å². The Labute approximate surface area is 164 Å². The minimum atomic E-state index is -0.486. The summed E-state index contributed by atoms with van der Waals surface area (Å²) < 4.78 is 1.39. The van der Waals surface area contributed by atoms with Gasteiger partial charge in [0.25, 0.3) is 11.5 Å². The third kappa shape index (κ3) is 4.04. The van der Waals surface area contributed by atoms with Crippen LogP contribution < -0.4 is 21.5 Å². The predicted octanol–water partition coefficient (Wildman–Crippen LogP) is 2.28. The molecular formula is C19H19N5O3S. The fourth-order valence-corrected chi connectivity index (χ4v) is 3.55. The van der Waals surface area contributed by atoms with Gasteiger partial charge in [0, 0.05) is 35.5 Å². The minimum absolute atomic E-state index is 0.00612. The number of fused-ring (bicyclic) bond motifs is 1. The van der Waals surface area contributed by atoms with Crippen LogP contribution in [0, 0.1) is 6.92 Å². The molecule has 144 valence electrons. The van der Waals surface area contributed by atoms with Gasteiger partial charge in [0.15, 0.2) is 4.96 Å². The lowest BCUT2D eigenvalue weighted by Crippen LogP contribution is -2.31. The molecule has 2 heterocycles. The van der Waals surface area contributed by atoms with Crippen LogP contribution in [0.1, 0.15) is 33.6 Å². The van der Waals surface area contributed by atoms with Gasteiger partial charge in [0.05, 0.1) is 0 Å². The first kappa shape index (κ1) is 18.2. The fraction of sp³-hybridized carbons (Fsp3) is 0.263. The molecule has 28 heavy (non-hydrogen) atoms. The first-order valence-corrected chi connectivity index (χ1v) is 9.74. The summed E-state index contributed by atoms with van der Waals surface area (Å²) in [5.41, 5.74) is 1.05. The highest BCUT2D eigenvalue weighted by molar-refractivity contribution is 7.16. The van der Waals surface area contributed by atoms with Crippen LogP contribution in [0.2, 0.25) is 0 Å². The number of anilines is 1. The van der Waals surface area contributed by atoms with E-state index in [-0.39, 0.29) is 29.7 Å². The summed E-state index contributed by atoms with van der Waals surface area (Å²) in [6, 6.07) is 7.23. The molecule has 0 unspecified atom stereocenters. The van der Waals surface area contributed by atoms with E-state index in [1.165, 1.54) is 21.9 Å². The number of nitrogens with one attached hydrogen (secondary N) is 3. The molecule has 1 aliphatic carbocycles. The van der Waals surface area contributed by atoms with Crippen molar-refractivity contribution in [1.82, 2.24) is 20.0 Å². The van der Waals surface area contributed by atoms with Gasteiger partial charge in [0.1, 0.15) is 5.56 Å². The summed E-state index contributed by atoms with van der Waals surface area (Å²) in [6.07, 6.45) is 5.02. The number of thiazole rings is 1. The van der Waals surface area contributed by atoms with E-state index in [0.717, 1.165) is 23.3 Å². The lowest BCUT2D eigenvalue weighted by Gasteiger charge is -2.09. The van der Waals surface area contributed by atoms with Gasteiger partial charge >= 0.3 is 6.03 Å². The summed E-state index contributed by atoms with van der Waals surface area (Å²) in [5, 5.41) is 8.37. The molecule has 2 aromatic heterocycles. The molecule has 3 N–H and O–H groups in total. The SMILES string of the molecule is Cc1cn2c(=O)c(C(=O)NCc3cccc(NC(=O)NC4CC4)c3)cnc2s1. The van der Waals surface area contributed by atoms with Crippen LogP contribution in [0.15, 0.2) is 41.5 Å². The van der Waals surface area contributed by atoms with E-state index in [0.29, 0.717) is 10.6 Å². The largest absolute Gasteiger partial charge is 0.348 e. The van der Waals surface area contributed by atoms with Gasteiger partial charge in [-0.2, -0.15) is 0 Å². The third-order valence-corrected chi connectivity index (χ3v) is 5.23. The van der Waals surface area contributed by atoms with Gasteiger partial charge in [-0.3, -0.25) is 14.0 Å². The maximum Gasteiger partial charge on any atom is 0.319 e. The van der Waals surface area contributed by atoms with Crippen LogP contribution in [0.3, 0.4) is 0 Å². The molecule has 4 rings (SSSR count). The van der Waals surface area contributed by atoms with E-state index >= 15 is 0 Å². The number of carbonyl (C=O) groups excluding carboxylic acids is 2. The Balaban J connectivity index is 1.42. The smallest absolute Gasteiger partial charge is 0.319 e. The number of nitrogens with zero attached hydrogens (tertiary/aromatic N) is 2. The van der Waals surface area contributed by atoms with Crippen LogP contribution in [-0.2, 0) is 6.54 Å². The first-order chi connectivity index (χ1) is 13.5. The number of hydrogen-bond acceptors (Lipinski definition) is 5. The van der Waals surface area contributed by atoms with E-state index in [1.807, 2.05) is 13.0 Å². The highest BCUT2D eigenvalue weighted by Crippen LogP contribution is 2.19. The minimum Gasteiger partial charge on any atom is -0.348 e. The normalized spacial score (nSPS) is 13.3. The molecule has 0 saturated heterocycles. The highest BCUT2D eigenvalue weighted by Gasteiger charge is 2.23. The molecule has 3 amide bonds. The van der Waals surface area contributed by atoms with Crippen molar-refractivity contribution in [2.24, 2.45) is 0 Å². The fourth-order valence-electron chi connectivity index (χ4n) is 2.77. The first-order valence-electron chi connectivity index (χ1n) is 8.92. The molecule has 1 saturated carbocycles. The lowest BCUT2D eigenvalue weighted by molar-refractivity contribution is 0.0949. The molecular weight excluding hydrogens is 378 g/mol. The van der Waals surface area contributed by atoms with E-state index < -0.39 is 5.91 Å². The quantitative estimate of drug-likeness (QED) is 0.614. The van der Waals surface area contributed by atoms with Crippen molar-refractivity contribution in [1.29, 1.82) is 0 Å². The van der Waals surface area contributed by atoms with Crippen molar-refractivity contribution in [3.05, 3.63) is 63.0 Å². The zero-order chi connectivity index (χ0) is 19.7. The third-order valence-electron chi connectivity index (χ3n) is 4.32. The van der Waals surface area contributed by atoms with Gasteiger partial charge in [-0.05, 0) is 37.5 Å². The Hall–Kier alpha value is -3.20. The van der Waals surface area contributed by atoms with Crippen LogP contribution in [0.5, 0.6) is 0 Å². The summed E-state index contributed by atoms with van der Waals surface area (Å²) in [6.45, 7) is 2.11. The number of benzene rings is 1. The van der Waals surface area contributed by atoms with Gasteiger partial charge in [-0.15, -0.1) is 11.3 Å². The Kier molecular flexibility index (Phi) is 4.82. The van der Waals surface area contributed by atoms with Crippen molar-refractivity contribution in [3.63, 3.8) is 0 Å². The van der Waals surface area contributed by atoms with Crippen molar-refractivity contribution in [2.45, 2.75) is 32.4 Å². The second-order valence-corrected chi connectivity index (χ2v) is 7.94. The maximum absolute atomic E-state index is 12.5. The number of rotatable bonds is 5. The molecule has 1 aliphatic rings. The number of aromatic nitrogens is 2. The molecule has 1 aromatic carbocycles. The van der Waals surface area contributed by atoms with Crippen molar-refractivity contribution < 1.29 is 9.59 Å². The summed E-state index contributed by atoms with van der Waals surface area (Å²) >= 11 is 1.39. The molecule has 0 spiro atoms. The van der Waals surface area contributed by atoms with Crippen molar-refractivity contribution in [3.8, 4) is 0 Å². The molecule has 0 bridgehead atoms. The number of amides is 3. The maximum atomic E-state index is 12.5. The van der Waals surface area contributed by atoms with E-state index in [1.54, 1.807) is 24.4 Å². The average molecular weight is 397 g/mol. The van der Waals surface area contributed by atoms with Crippen LogP contribution >= 0.6 is 11.3 Å². The predicted molar refractivity (Wildman–Crippen MR) is 107 cm³/mol. The second-order valence-electron chi connectivity index (χ2n) is 6.73. The molecule has 0 aliphatic heterocycles. The number of urea groups is 1. The standard InChI is InChI=1S/C19H19N5O3S/c1-11-10-24-17(26)15(9-21-19(24)28-11)16(25)20-8-12-3-2-4-14(7-12)23-18(27)22-13-5-6-13/h2-4,7,9-10,13H,5-6,8H2,1H3,(H,20,25)(H2,22,23,27). The zero-order valence-electron chi connectivity index (χ0n) is 15.2.